The minimum absolute atomic E-state index is 0.181. The summed E-state index contributed by atoms with van der Waals surface area (Å²) in [5.74, 6) is 0.171. The molecule has 3 nitrogen and oxygen atoms in total. The molecule has 1 atom stereocenters. The van der Waals surface area contributed by atoms with Gasteiger partial charge in [-0.05, 0) is 48.4 Å². The maximum atomic E-state index is 13.2. The van der Waals surface area contributed by atoms with Crippen LogP contribution in [0.25, 0.3) is 0 Å². The lowest BCUT2D eigenvalue weighted by atomic mass is 10.1. The number of rotatable bonds is 4. The number of nitriles is 1. The van der Waals surface area contributed by atoms with Crippen LogP contribution in [0.4, 0.5) is 4.39 Å². The molecule has 1 N–H and O–H groups in total. The zero-order valence-corrected chi connectivity index (χ0v) is 11.0. The molecule has 2 rings (SSSR count). The number of hydrogen-bond acceptors (Lipinski definition) is 3. The summed E-state index contributed by atoms with van der Waals surface area (Å²) >= 11 is 0. The highest BCUT2D eigenvalue weighted by Gasteiger charge is 2.03. The second-order valence-corrected chi connectivity index (χ2v) is 4.49. The Balaban J connectivity index is 2.05. The number of halogens is 1. The van der Waals surface area contributed by atoms with Crippen LogP contribution >= 0.6 is 0 Å². The fraction of sp³-hybridized carbons (Fsp3) is 0.188. The van der Waals surface area contributed by atoms with E-state index in [0.29, 0.717) is 11.3 Å². The molecule has 0 unspecified atom stereocenters. The maximum absolute atomic E-state index is 13.2. The molecule has 0 saturated heterocycles. The van der Waals surface area contributed by atoms with Crippen molar-refractivity contribution >= 4 is 0 Å². The number of benzene rings is 2. The molecule has 102 valence electrons. The molecule has 0 heterocycles. The SMILES string of the molecule is C[C@H](O)c1ccc(OCc2cc(F)cc(C#N)c2)cc1. The van der Waals surface area contributed by atoms with E-state index in [9.17, 15) is 9.50 Å². The molecule has 2 aromatic rings. The summed E-state index contributed by atoms with van der Waals surface area (Å²) in [5.41, 5.74) is 1.67. The largest absolute Gasteiger partial charge is 0.489 e. The van der Waals surface area contributed by atoms with Crippen molar-refractivity contribution in [2.45, 2.75) is 19.6 Å². The van der Waals surface area contributed by atoms with Crippen LogP contribution in [-0.2, 0) is 6.61 Å². The summed E-state index contributed by atoms with van der Waals surface area (Å²) in [7, 11) is 0. The first-order valence-electron chi connectivity index (χ1n) is 6.19. The molecule has 0 fully saturated rings. The minimum atomic E-state index is -0.523. The first-order chi connectivity index (χ1) is 9.58. The third-order valence-corrected chi connectivity index (χ3v) is 2.85. The van der Waals surface area contributed by atoms with E-state index in [2.05, 4.69) is 0 Å². The average molecular weight is 271 g/mol. The van der Waals surface area contributed by atoms with Gasteiger partial charge in [-0.25, -0.2) is 4.39 Å². The van der Waals surface area contributed by atoms with Gasteiger partial charge in [-0.3, -0.25) is 0 Å². The highest BCUT2D eigenvalue weighted by molar-refractivity contribution is 5.34. The molecule has 0 aromatic heterocycles. The summed E-state index contributed by atoms with van der Waals surface area (Å²) in [4.78, 5) is 0. The third-order valence-electron chi connectivity index (χ3n) is 2.85. The van der Waals surface area contributed by atoms with Crippen LogP contribution in [0.2, 0.25) is 0 Å². The van der Waals surface area contributed by atoms with E-state index in [-0.39, 0.29) is 12.2 Å². The molecule has 4 heteroatoms. The molecular formula is C16H14FNO2. The van der Waals surface area contributed by atoms with Gasteiger partial charge in [0.2, 0.25) is 0 Å². The van der Waals surface area contributed by atoms with Gasteiger partial charge in [0.15, 0.2) is 0 Å². The second kappa shape index (κ2) is 6.18. The minimum Gasteiger partial charge on any atom is -0.489 e. The Morgan fingerprint density at radius 2 is 1.95 bits per heavy atom. The Labute approximate surface area is 116 Å². The van der Waals surface area contributed by atoms with Crippen molar-refractivity contribution in [3.8, 4) is 11.8 Å². The summed E-state index contributed by atoms with van der Waals surface area (Å²) in [6, 6.07) is 13.0. The first-order valence-corrected chi connectivity index (χ1v) is 6.19. The molecule has 0 bridgehead atoms. The van der Waals surface area contributed by atoms with Crippen molar-refractivity contribution in [3.63, 3.8) is 0 Å². The van der Waals surface area contributed by atoms with E-state index in [4.69, 9.17) is 10.00 Å². The average Bonchev–Trinajstić information content (AvgIpc) is 2.45. The van der Waals surface area contributed by atoms with E-state index in [1.807, 2.05) is 6.07 Å². The quantitative estimate of drug-likeness (QED) is 0.928. The molecule has 0 aliphatic rings. The molecule has 20 heavy (non-hydrogen) atoms. The zero-order valence-electron chi connectivity index (χ0n) is 11.0. The number of nitrogens with zero attached hydrogens (tertiary/aromatic N) is 1. The second-order valence-electron chi connectivity index (χ2n) is 4.49. The monoisotopic (exact) mass is 271 g/mol. The lowest BCUT2D eigenvalue weighted by Gasteiger charge is -2.09. The van der Waals surface area contributed by atoms with Gasteiger partial charge in [-0.1, -0.05) is 12.1 Å². The molecule has 0 spiro atoms. The Morgan fingerprint density at radius 1 is 1.25 bits per heavy atom. The van der Waals surface area contributed by atoms with Crippen molar-refractivity contribution in [2.75, 3.05) is 0 Å². The number of aliphatic hydroxyl groups is 1. The normalized spacial score (nSPS) is 11.7. The van der Waals surface area contributed by atoms with Crippen LogP contribution < -0.4 is 4.74 Å². The lowest BCUT2D eigenvalue weighted by molar-refractivity contribution is 0.199. The fourth-order valence-electron chi connectivity index (χ4n) is 1.81. The van der Waals surface area contributed by atoms with Gasteiger partial charge in [0.1, 0.15) is 18.2 Å². The van der Waals surface area contributed by atoms with Crippen molar-refractivity contribution in [3.05, 3.63) is 65.0 Å². The standard InChI is InChI=1S/C16H14FNO2/c1-11(19)14-2-4-16(5-3-14)20-10-13-6-12(9-18)7-15(17)8-13/h2-8,11,19H,10H2,1H3/t11-/m0/s1. The number of hydrogen-bond donors (Lipinski definition) is 1. The molecule has 0 radical (unpaired) electrons. The van der Waals surface area contributed by atoms with Crippen molar-refractivity contribution in [2.24, 2.45) is 0 Å². The van der Waals surface area contributed by atoms with Crippen LogP contribution in [0, 0.1) is 17.1 Å². The summed E-state index contributed by atoms with van der Waals surface area (Å²) in [6.07, 6.45) is -0.523. The van der Waals surface area contributed by atoms with Crippen LogP contribution in [0.15, 0.2) is 42.5 Å². The smallest absolute Gasteiger partial charge is 0.124 e. The van der Waals surface area contributed by atoms with Crippen LogP contribution in [0.3, 0.4) is 0 Å². The van der Waals surface area contributed by atoms with Gasteiger partial charge in [0, 0.05) is 0 Å². The Morgan fingerprint density at radius 3 is 2.55 bits per heavy atom. The molecular weight excluding hydrogens is 257 g/mol. The molecule has 0 saturated carbocycles. The lowest BCUT2D eigenvalue weighted by Crippen LogP contribution is -1.98. The Hall–Kier alpha value is -2.38. The van der Waals surface area contributed by atoms with E-state index in [1.165, 1.54) is 12.1 Å². The fourth-order valence-corrected chi connectivity index (χ4v) is 1.81. The zero-order chi connectivity index (χ0) is 14.5. The van der Waals surface area contributed by atoms with E-state index < -0.39 is 11.9 Å². The predicted molar refractivity (Wildman–Crippen MR) is 72.5 cm³/mol. The van der Waals surface area contributed by atoms with E-state index in [1.54, 1.807) is 37.3 Å². The summed E-state index contributed by atoms with van der Waals surface area (Å²) < 4.78 is 18.8. The molecule has 0 aliphatic heterocycles. The van der Waals surface area contributed by atoms with Crippen LogP contribution in [0.5, 0.6) is 5.75 Å². The number of aliphatic hydroxyl groups excluding tert-OH is 1. The van der Waals surface area contributed by atoms with Crippen molar-refractivity contribution in [1.29, 1.82) is 5.26 Å². The summed E-state index contributed by atoms with van der Waals surface area (Å²) in [6.45, 7) is 1.87. The predicted octanol–water partition coefficient (Wildman–Crippen LogP) is 3.33. The molecule has 0 aliphatic carbocycles. The Kier molecular flexibility index (Phi) is 4.34. The summed E-state index contributed by atoms with van der Waals surface area (Å²) in [5, 5.41) is 18.2. The van der Waals surface area contributed by atoms with Gasteiger partial charge in [-0.15, -0.1) is 0 Å². The molecule has 2 aromatic carbocycles. The highest BCUT2D eigenvalue weighted by Crippen LogP contribution is 2.18. The van der Waals surface area contributed by atoms with E-state index in [0.717, 1.165) is 5.56 Å². The van der Waals surface area contributed by atoms with Crippen LogP contribution in [0.1, 0.15) is 29.7 Å². The Bertz CT molecular complexity index is 630. The van der Waals surface area contributed by atoms with Gasteiger partial charge in [0.25, 0.3) is 0 Å². The van der Waals surface area contributed by atoms with E-state index >= 15 is 0 Å². The van der Waals surface area contributed by atoms with Crippen molar-refractivity contribution in [1.82, 2.24) is 0 Å². The van der Waals surface area contributed by atoms with Gasteiger partial charge in [-0.2, -0.15) is 5.26 Å². The van der Waals surface area contributed by atoms with Gasteiger partial charge < -0.3 is 9.84 Å². The number of ether oxygens (including phenoxy) is 1. The van der Waals surface area contributed by atoms with Gasteiger partial charge in [0.05, 0.1) is 17.7 Å². The van der Waals surface area contributed by atoms with Crippen LogP contribution in [-0.4, -0.2) is 5.11 Å². The topological polar surface area (TPSA) is 53.2 Å². The van der Waals surface area contributed by atoms with Crippen molar-refractivity contribution < 1.29 is 14.2 Å². The molecule has 0 amide bonds. The first kappa shape index (κ1) is 14.0. The van der Waals surface area contributed by atoms with Gasteiger partial charge >= 0.3 is 0 Å². The highest BCUT2D eigenvalue weighted by atomic mass is 19.1. The maximum Gasteiger partial charge on any atom is 0.124 e. The third kappa shape index (κ3) is 3.56.